The zero-order valence-electron chi connectivity index (χ0n) is 19.6. The predicted octanol–water partition coefficient (Wildman–Crippen LogP) is 2.08. The number of ketones is 1. The SMILES string of the molecule is COCCN1C(=O)C(=O)/C(=C(/O)c2ccc(S(=O)(=O)N3CCOCC3)cc2)C1c1ccc(C)cc1. The van der Waals surface area contributed by atoms with Gasteiger partial charge in [0.15, 0.2) is 0 Å². The molecular formula is C25H28N2O7S. The number of nitrogens with zero attached hydrogens (tertiary/aromatic N) is 2. The highest BCUT2D eigenvalue weighted by Crippen LogP contribution is 2.39. The number of ether oxygens (including phenoxy) is 2. The van der Waals surface area contributed by atoms with Crippen molar-refractivity contribution in [3.63, 3.8) is 0 Å². The second-order valence-corrected chi connectivity index (χ2v) is 10.4. The molecule has 2 fully saturated rings. The van der Waals surface area contributed by atoms with E-state index in [1.807, 2.05) is 31.2 Å². The van der Waals surface area contributed by atoms with Crippen LogP contribution in [-0.2, 0) is 29.1 Å². The van der Waals surface area contributed by atoms with Crippen molar-refractivity contribution in [1.29, 1.82) is 0 Å². The lowest BCUT2D eigenvalue weighted by atomic mass is 9.95. The van der Waals surface area contributed by atoms with Crippen molar-refractivity contribution < 1.29 is 32.6 Å². The molecule has 0 bridgehead atoms. The highest BCUT2D eigenvalue weighted by molar-refractivity contribution is 7.89. The van der Waals surface area contributed by atoms with E-state index in [1.165, 1.54) is 40.6 Å². The molecule has 35 heavy (non-hydrogen) atoms. The number of amides is 1. The van der Waals surface area contributed by atoms with Gasteiger partial charge in [-0.3, -0.25) is 9.59 Å². The number of aryl methyl sites for hydroxylation is 1. The molecule has 0 radical (unpaired) electrons. The third-order valence-corrected chi connectivity index (χ3v) is 8.12. The molecule has 2 aliphatic heterocycles. The van der Waals surface area contributed by atoms with Crippen molar-refractivity contribution in [2.75, 3.05) is 46.6 Å². The number of aliphatic hydroxyl groups excluding tert-OH is 1. The Hall–Kier alpha value is -3.05. The Morgan fingerprint density at radius 1 is 1.06 bits per heavy atom. The minimum Gasteiger partial charge on any atom is -0.507 e. The van der Waals surface area contributed by atoms with Gasteiger partial charge in [-0.15, -0.1) is 0 Å². The zero-order valence-corrected chi connectivity index (χ0v) is 20.5. The predicted molar refractivity (Wildman–Crippen MR) is 128 cm³/mol. The van der Waals surface area contributed by atoms with E-state index in [9.17, 15) is 23.1 Å². The summed E-state index contributed by atoms with van der Waals surface area (Å²) in [6, 6.07) is 12.3. The van der Waals surface area contributed by atoms with E-state index in [-0.39, 0.29) is 48.0 Å². The lowest BCUT2D eigenvalue weighted by molar-refractivity contribution is -0.140. The molecule has 2 saturated heterocycles. The smallest absolute Gasteiger partial charge is 0.295 e. The molecule has 9 nitrogen and oxygen atoms in total. The van der Waals surface area contributed by atoms with E-state index < -0.39 is 27.8 Å². The van der Waals surface area contributed by atoms with E-state index in [0.717, 1.165) is 5.56 Å². The first-order chi connectivity index (χ1) is 16.8. The maximum absolute atomic E-state index is 13.0. The van der Waals surface area contributed by atoms with Crippen LogP contribution < -0.4 is 0 Å². The van der Waals surface area contributed by atoms with E-state index >= 15 is 0 Å². The van der Waals surface area contributed by atoms with Crippen LogP contribution in [0, 0.1) is 6.92 Å². The van der Waals surface area contributed by atoms with Gasteiger partial charge in [0.1, 0.15) is 5.76 Å². The minimum absolute atomic E-state index is 0.0428. The van der Waals surface area contributed by atoms with Gasteiger partial charge in [0.05, 0.1) is 36.3 Å². The van der Waals surface area contributed by atoms with Gasteiger partial charge in [-0.2, -0.15) is 4.31 Å². The highest BCUT2D eigenvalue weighted by Gasteiger charge is 2.45. The van der Waals surface area contributed by atoms with E-state index in [4.69, 9.17) is 9.47 Å². The topological polar surface area (TPSA) is 113 Å². The third-order valence-electron chi connectivity index (χ3n) is 6.20. The number of hydrogen-bond donors (Lipinski definition) is 1. The fourth-order valence-corrected chi connectivity index (χ4v) is 5.68. The zero-order chi connectivity index (χ0) is 25.2. The lowest BCUT2D eigenvalue weighted by Gasteiger charge is -2.26. The Morgan fingerprint density at radius 3 is 2.29 bits per heavy atom. The van der Waals surface area contributed by atoms with Crippen LogP contribution in [-0.4, -0.2) is 81.0 Å². The van der Waals surface area contributed by atoms with Gasteiger partial charge in [-0.05, 0) is 36.8 Å². The van der Waals surface area contributed by atoms with Gasteiger partial charge in [0.25, 0.3) is 11.7 Å². The molecule has 1 atom stereocenters. The van der Waals surface area contributed by atoms with Crippen LogP contribution in [0.25, 0.3) is 5.76 Å². The first-order valence-electron chi connectivity index (χ1n) is 11.3. The average molecular weight is 501 g/mol. The number of benzene rings is 2. The van der Waals surface area contributed by atoms with Gasteiger partial charge >= 0.3 is 0 Å². The molecule has 2 heterocycles. The largest absolute Gasteiger partial charge is 0.507 e. The number of sulfonamides is 1. The standard InChI is InChI=1S/C25H28N2O7S/c1-17-3-5-18(6-4-17)22-21(24(29)25(30)27(22)13-14-33-2)23(28)19-7-9-20(10-8-19)35(31,32)26-11-15-34-16-12-26/h3-10,22,28H,11-16H2,1-2H3/b23-21+. The van der Waals surface area contributed by atoms with Crippen molar-refractivity contribution in [2.24, 2.45) is 0 Å². The van der Waals surface area contributed by atoms with Gasteiger partial charge in [-0.25, -0.2) is 8.42 Å². The van der Waals surface area contributed by atoms with Crippen molar-refractivity contribution >= 4 is 27.5 Å². The molecule has 2 aliphatic rings. The Bertz CT molecular complexity index is 1230. The van der Waals surface area contributed by atoms with Gasteiger partial charge < -0.3 is 19.5 Å². The van der Waals surface area contributed by atoms with Crippen LogP contribution in [0.3, 0.4) is 0 Å². The molecule has 0 aromatic heterocycles. The average Bonchev–Trinajstić information content (AvgIpc) is 3.13. The maximum atomic E-state index is 13.0. The number of Topliss-reactive ketones (excluding diaryl/α,β-unsaturated/α-hetero) is 1. The van der Waals surface area contributed by atoms with Crippen molar-refractivity contribution in [3.8, 4) is 0 Å². The molecule has 2 aromatic carbocycles. The molecule has 0 spiro atoms. The molecule has 0 saturated carbocycles. The molecule has 0 aliphatic carbocycles. The second kappa shape index (κ2) is 10.3. The third kappa shape index (κ3) is 4.87. The van der Waals surface area contributed by atoms with Crippen LogP contribution in [0.5, 0.6) is 0 Å². The molecule has 1 amide bonds. The number of likely N-dealkylation sites (tertiary alicyclic amines) is 1. The van der Waals surface area contributed by atoms with Crippen molar-refractivity contribution in [1.82, 2.24) is 9.21 Å². The molecular weight excluding hydrogens is 472 g/mol. The maximum Gasteiger partial charge on any atom is 0.295 e. The van der Waals surface area contributed by atoms with Crippen LogP contribution in [0.4, 0.5) is 0 Å². The van der Waals surface area contributed by atoms with Crippen LogP contribution in [0.15, 0.2) is 59.0 Å². The number of hydrogen-bond acceptors (Lipinski definition) is 7. The second-order valence-electron chi connectivity index (χ2n) is 8.44. The fraction of sp³-hybridized carbons (Fsp3) is 0.360. The molecule has 10 heteroatoms. The summed E-state index contributed by atoms with van der Waals surface area (Å²) in [5, 5.41) is 11.2. The summed E-state index contributed by atoms with van der Waals surface area (Å²) < 4.78 is 37.5. The van der Waals surface area contributed by atoms with E-state index in [1.54, 1.807) is 0 Å². The quantitative estimate of drug-likeness (QED) is 0.352. The highest BCUT2D eigenvalue weighted by atomic mass is 32.2. The first-order valence-corrected chi connectivity index (χ1v) is 12.7. The Balaban J connectivity index is 1.73. The molecule has 186 valence electrons. The number of aliphatic hydroxyl groups is 1. The molecule has 1 unspecified atom stereocenters. The van der Waals surface area contributed by atoms with E-state index in [0.29, 0.717) is 18.8 Å². The number of morpholine rings is 1. The Labute approximate surface area is 204 Å². The summed E-state index contributed by atoms with van der Waals surface area (Å²) in [6.07, 6.45) is 0. The van der Waals surface area contributed by atoms with Gasteiger partial charge in [-0.1, -0.05) is 29.8 Å². The summed E-state index contributed by atoms with van der Waals surface area (Å²) in [5.41, 5.74) is 1.89. The normalized spacial score (nSPS) is 21.0. The Morgan fingerprint density at radius 2 is 1.69 bits per heavy atom. The van der Waals surface area contributed by atoms with Gasteiger partial charge in [0, 0.05) is 32.3 Å². The number of rotatable bonds is 7. The van der Waals surface area contributed by atoms with Crippen molar-refractivity contribution in [2.45, 2.75) is 17.9 Å². The Kier molecular flexibility index (Phi) is 7.36. The summed E-state index contributed by atoms with van der Waals surface area (Å²) in [5.74, 6) is -1.88. The number of carbonyl (C=O) groups excluding carboxylic acids is 2. The summed E-state index contributed by atoms with van der Waals surface area (Å²) >= 11 is 0. The molecule has 2 aromatic rings. The summed E-state index contributed by atoms with van der Waals surface area (Å²) in [7, 11) is -2.20. The number of carbonyl (C=O) groups is 2. The first kappa shape index (κ1) is 25.1. The minimum atomic E-state index is -3.71. The van der Waals surface area contributed by atoms with Gasteiger partial charge in [0.2, 0.25) is 10.0 Å². The van der Waals surface area contributed by atoms with Crippen LogP contribution in [0.2, 0.25) is 0 Å². The fourth-order valence-electron chi connectivity index (χ4n) is 4.27. The lowest BCUT2D eigenvalue weighted by Crippen LogP contribution is -2.40. The van der Waals surface area contributed by atoms with E-state index in [2.05, 4.69) is 0 Å². The van der Waals surface area contributed by atoms with Crippen LogP contribution in [0.1, 0.15) is 22.7 Å². The molecule has 1 N–H and O–H groups in total. The summed E-state index contributed by atoms with van der Waals surface area (Å²) in [6.45, 7) is 3.53. The number of methoxy groups -OCH3 is 1. The van der Waals surface area contributed by atoms with Crippen LogP contribution >= 0.6 is 0 Å². The monoisotopic (exact) mass is 500 g/mol. The van der Waals surface area contributed by atoms with Crippen molar-refractivity contribution in [3.05, 3.63) is 70.8 Å². The summed E-state index contributed by atoms with van der Waals surface area (Å²) in [4.78, 5) is 27.3. The molecule has 4 rings (SSSR count).